The highest BCUT2D eigenvalue weighted by atomic mass is 16.3. The van der Waals surface area contributed by atoms with E-state index in [1.165, 1.54) is 5.69 Å². The number of hydrogen-bond acceptors (Lipinski definition) is 6. The molecule has 0 radical (unpaired) electrons. The van der Waals surface area contributed by atoms with Crippen molar-refractivity contribution in [2.75, 3.05) is 44.6 Å². The fraction of sp³-hybridized carbons (Fsp3) is 0.765. The van der Waals surface area contributed by atoms with E-state index in [0.717, 1.165) is 76.6 Å². The molecule has 2 saturated heterocycles. The normalized spacial score (nSPS) is 23.8. The van der Waals surface area contributed by atoms with Gasteiger partial charge >= 0.3 is 0 Å². The van der Waals surface area contributed by atoms with Crippen molar-refractivity contribution >= 4 is 5.82 Å². The number of rotatable bonds is 5. The van der Waals surface area contributed by atoms with Crippen molar-refractivity contribution in [3.05, 3.63) is 17.6 Å². The molecule has 1 atom stereocenters. The topological polar surface area (TPSA) is 73.3 Å². The predicted octanol–water partition coefficient (Wildman–Crippen LogP) is 1.12. The highest BCUT2D eigenvalue weighted by molar-refractivity contribution is 5.37. The molecule has 3 heterocycles. The van der Waals surface area contributed by atoms with Gasteiger partial charge in [-0.25, -0.2) is 9.97 Å². The lowest BCUT2D eigenvalue weighted by atomic mass is 9.94. The van der Waals surface area contributed by atoms with E-state index in [1.54, 1.807) is 0 Å². The number of aliphatic hydroxyl groups excluding tert-OH is 1. The standard InChI is InChI=1S/C17H29N5O/c1-13-20-16(14-4-6-18-7-5-14)11-17(21-13)19-8-10-22-9-2-3-15(23)12-22/h11,14-15,18,23H,2-10,12H2,1H3,(H,19,20,21). The molecule has 2 aliphatic rings. The van der Waals surface area contributed by atoms with Gasteiger partial charge in [0, 0.05) is 37.3 Å². The van der Waals surface area contributed by atoms with Gasteiger partial charge in [0.1, 0.15) is 11.6 Å². The number of nitrogens with one attached hydrogen (secondary N) is 2. The number of nitrogens with zero attached hydrogens (tertiary/aromatic N) is 3. The van der Waals surface area contributed by atoms with Gasteiger partial charge in [-0.1, -0.05) is 0 Å². The lowest BCUT2D eigenvalue weighted by Crippen LogP contribution is -2.40. The van der Waals surface area contributed by atoms with Crippen LogP contribution in [0.3, 0.4) is 0 Å². The van der Waals surface area contributed by atoms with Crippen LogP contribution < -0.4 is 10.6 Å². The second kappa shape index (κ2) is 8.04. The summed E-state index contributed by atoms with van der Waals surface area (Å²) in [5.74, 6) is 2.33. The summed E-state index contributed by atoms with van der Waals surface area (Å²) >= 11 is 0. The molecule has 0 aliphatic carbocycles. The quantitative estimate of drug-likeness (QED) is 0.755. The Labute approximate surface area is 138 Å². The minimum absolute atomic E-state index is 0.156. The van der Waals surface area contributed by atoms with Gasteiger partial charge in [0.2, 0.25) is 0 Å². The summed E-state index contributed by atoms with van der Waals surface area (Å²) in [4.78, 5) is 11.5. The zero-order chi connectivity index (χ0) is 16.1. The molecule has 1 aromatic rings. The second-order valence-electron chi connectivity index (χ2n) is 6.77. The van der Waals surface area contributed by atoms with Crippen LogP contribution in [0.2, 0.25) is 0 Å². The van der Waals surface area contributed by atoms with E-state index in [0.29, 0.717) is 5.92 Å². The van der Waals surface area contributed by atoms with Crippen LogP contribution in [-0.2, 0) is 0 Å². The Bertz CT molecular complexity index is 504. The van der Waals surface area contributed by atoms with Crippen LogP contribution in [-0.4, -0.2) is 65.3 Å². The first-order valence-electron chi connectivity index (χ1n) is 8.91. The van der Waals surface area contributed by atoms with Crippen molar-refractivity contribution in [3.63, 3.8) is 0 Å². The van der Waals surface area contributed by atoms with Crippen molar-refractivity contribution in [2.24, 2.45) is 0 Å². The summed E-state index contributed by atoms with van der Waals surface area (Å²) < 4.78 is 0. The molecule has 6 nitrogen and oxygen atoms in total. The molecular weight excluding hydrogens is 290 g/mol. The number of piperidine rings is 2. The first-order chi connectivity index (χ1) is 11.2. The molecule has 0 amide bonds. The van der Waals surface area contributed by atoms with E-state index in [9.17, 15) is 5.11 Å². The Balaban J connectivity index is 1.53. The van der Waals surface area contributed by atoms with Crippen molar-refractivity contribution in [1.82, 2.24) is 20.2 Å². The molecule has 2 aliphatic heterocycles. The van der Waals surface area contributed by atoms with Gasteiger partial charge in [-0.05, 0) is 52.2 Å². The third-order valence-electron chi connectivity index (χ3n) is 4.83. The smallest absolute Gasteiger partial charge is 0.129 e. The predicted molar refractivity (Wildman–Crippen MR) is 91.8 cm³/mol. The summed E-state index contributed by atoms with van der Waals surface area (Å²) in [7, 11) is 0. The Morgan fingerprint density at radius 1 is 1.30 bits per heavy atom. The van der Waals surface area contributed by atoms with Gasteiger partial charge in [0.25, 0.3) is 0 Å². The Kier molecular flexibility index (Phi) is 5.80. The lowest BCUT2D eigenvalue weighted by molar-refractivity contribution is 0.0730. The van der Waals surface area contributed by atoms with Crippen LogP contribution in [0, 0.1) is 6.92 Å². The number of β-amino-alcohol motifs (C(OH)–C–C–N with tert-alkyl or cyclic N) is 1. The molecule has 0 aromatic carbocycles. The van der Waals surface area contributed by atoms with E-state index < -0.39 is 0 Å². The van der Waals surface area contributed by atoms with Crippen LogP contribution in [0.5, 0.6) is 0 Å². The van der Waals surface area contributed by atoms with Crippen molar-refractivity contribution in [1.29, 1.82) is 0 Å². The summed E-state index contributed by atoms with van der Waals surface area (Å²) in [6, 6.07) is 2.12. The minimum Gasteiger partial charge on any atom is -0.392 e. The molecule has 0 spiro atoms. The molecule has 23 heavy (non-hydrogen) atoms. The van der Waals surface area contributed by atoms with E-state index in [2.05, 4.69) is 31.6 Å². The third kappa shape index (κ3) is 4.86. The van der Waals surface area contributed by atoms with Crippen LogP contribution in [0.15, 0.2) is 6.07 Å². The molecule has 3 rings (SSSR count). The van der Waals surface area contributed by atoms with Crippen LogP contribution in [0.25, 0.3) is 0 Å². The molecular formula is C17H29N5O. The maximum Gasteiger partial charge on any atom is 0.129 e. The Morgan fingerprint density at radius 3 is 2.91 bits per heavy atom. The zero-order valence-corrected chi connectivity index (χ0v) is 14.1. The lowest BCUT2D eigenvalue weighted by Gasteiger charge is -2.30. The first kappa shape index (κ1) is 16.6. The monoisotopic (exact) mass is 319 g/mol. The SMILES string of the molecule is Cc1nc(NCCN2CCCC(O)C2)cc(C2CCNCC2)n1. The van der Waals surface area contributed by atoms with Gasteiger partial charge in [0.15, 0.2) is 0 Å². The molecule has 128 valence electrons. The molecule has 3 N–H and O–H groups in total. The van der Waals surface area contributed by atoms with Gasteiger partial charge in [0.05, 0.1) is 6.10 Å². The number of aryl methyl sites for hydroxylation is 1. The van der Waals surface area contributed by atoms with Gasteiger partial charge in [-0.15, -0.1) is 0 Å². The number of aliphatic hydroxyl groups is 1. The highest BCUT2D eigenvalue weighted by Crippen LogP contribution is 2.25. The van der Waals surface area contributed by atoms with Crippen molar-refractivity contribution < 1.29 is 5.11 Å². The van der Waals surface area contributed by atoms with Crippen LogP contribution in [0.4, 0.5) is 5.82 Å². The molecule has 0 bridgehead atoms. The maximum absolute atomic E-state index is 9.73. The van der Waals surface area contributed by atoms with Gasteiger partial charge in [-0.3, -0.25) is 4.90 Å². The fourth-order valence-corrected chi connectivity index (χ4v) is 3.58. The number of aromatic nitrogens is 2. The molecule has 6 heteroatoms. The van der Waals surface area contributed by atoms with Crippen molar-refractivity contribution in [2.45, 2.75) is 44.6 Å². The van der Waals surface area contributed by atoms with E-state index >= 15 is 0 Å². The average Bonchev–Trinajstić information content (AvgIpc) is 2.55. The number of hydrogen-bond donors (Lipinski definition) is 3. The van der Waals surface area contributed by atoms with Crippen LogP contribution >= 0.6 is 0 Å². The van der Waals surface area contributed by atoms with E-state index in [1.807, 2.05) is 6.92 Å². The first-order valence-corrected chi connectivity index (χ1v) is 8.91. The van der Waals surface area contributed by atoms with E-state index in [4.69, 9.17) is 0 Å². The Hall–Kier alpha value is -1.24. The third-order valence-corrected chi connectivity index (χ3v) is 4.83. The molecule has 1 unspecified atom stereocenters. The summed E-state index contributed by atoms with van der Waals surface area (Å²) in [6.45, 7) is 7.81. The largest absolute Gasteiger partial charge is 0.392 e. The Morgan fingerprint density at radius 2 is 2.13 bits per heavy atom. The zero-order valence-electron chi connectivity index (χ0n) is 14.1. The number of anilines is 1. The summed E-state index contributed by atoms with van der Waals surface area (Å²) in [6.07, 6.45) is 4.18. The highest BCUT2D eigenvalue weighted by Gasteiger charge is 2.19. The second-order valence-corrected chi connectivity index (χ2v) is 6.77. The van der Waals surface area contributed by atoms with Crippen LogP contribution in [0.1, 0.15) is 43.1 Å². The average molecular weight is 319 g/mol. The van der Waals surface area contributed by atoms with Crippen molar-refractivity contribution in [3.8, 4) is 0 Å². The summed E-state index contributed by atoms with van der Waals surface area (Å²) in [5, 5.41) is 16.6. The van der Waals surface area contributed by atoms with Gasteiger partial charge < -0.3 is 15.7 Å². The molecule has 2 fully saturated rings. The minimum atomic E-state index is -0.156. The number of likely N-dealkylation sites (tertiary alicyclic amines) is 1. The molecule has 0 saturated carbocycles. The van der Waals surface area contributed by atoms with E-state index in [-0.39, 0.29) is 6.10 Å². The van der Waals surface area contributed by atoms with Gasteiger partial charge in [-0.2, -0.15) is 0 Å². The fourth-order valence-electron chi connectivity index (χ4n) is 3.58. The maximum atomic E-state index is 9.73. The molecule has 1 aromatic heterocycles. The summed E-state index contributed by atoms with van der Waals surface area (Å²) in [5.41, 5.74) is 1.18.